The van der Waals surface area contributed by atoms with Crippen molar-refractivity contribution in [3.05, 3.63) is 42.0 Å². The van der Waals surface area contributed by atoms with Crippen LogP contribution in [0.2, 0.25) is 0 Å². The van der Waals surface area contributed by atoms with Gasteiger partial charge in [0, 0.05) is 30.9 Å². The highest BCUT2D eigenvalue weighted by Gasteiger charge is 2.17. The number of aromatic nitrogens is 2. The predicted molar refractivity (Wildman–Crippen MR) is 75.2 cm³/mol. The summed E-state index contributed by atoms with van der Waals surface area (Å²) in [5.74, 6) is 0.963. The zero-order valence-corrected chi connectivity index (χ0v) is 11.2. The van der Waals surface area contributed by atoms with E-state index in [0.717, 1.165) is 5.82 Å². The third-order valence-electron chi connectivity index (χ3n) is 3.08. The van der Waals surface area contributed by atoms with Crippen LogP contribution in [-0.2, 0) is 11.2 Å². The molecule has 0 fully saturated rings. The Morgan fingerprint density at radius 1 is 1.43 bits per heavy atom. The molecule has 108 valence electrons. The summed E-state index contributed by atoms with van der Waals surface area (Å²) in [6.07, 6.45) is 4.04. The number of hydrogen-bond acceptors (Lipinski definition) is 4. The maximum atomic E-state index is 12.0. The second kappa shape index (κ2) is 5.66. The van der Waals surface area contributed by atoms with Crippen molar-refractivity contribution in [2.75, 3.05) is 18.5 Å². The molecule has 1 aliphatic heterocycles. The van der Waals surface area contributed by atoms with Gasteiger partial charge in [0.25, 0.3) is 11.8 Å². The monoisotopic (exact) mass is 286 g/mol. The highest BCUT2D eigenvalue weighted by molar-refractivity contribution is 5.99. The molecule has 1 aliphatic rings. The Kier molecular flexibility index (Phi) is 3.55. The summed E-state index contributed by atoms with van der Waals surface area (Å²) in [7, 11) is 0. The van der Waals surface area contributed by atoms with Crippen molar-refractivity contribution in [1.29, 1.82) is 0 Å². The van der Waals surface area contributed by atoms with Crippen LogP contribution in [0.15, 0.2) is 30.6 Å². The summed E-state index contributed by atoms with van der Waals surface area (Å²) in [4.78, 5) is 30.4. The van der Waals surface area contributed by atoms with Crippen molar-refractivity contribution in [2.24, 2.45) is 0 Å². The minimum atomic E-state index is -0.224. The molecule has 0 aliphatic carbocycles. The van der Waals surface area contributed by atoms with Gasteiger partial charge in [-0.3, -0.25) is 9.59 Å². The number of nitrogens with one attached hydrogen (secondary N) is 3. The van der Waals surface area contributed by atoms with E-state index in [1.54, 1.807) is 30.6 Å². The largest absolute Gasteiger partial charge is 0.482 e. The molecule has 21 heavy (non-hydrogen) atoms. The zero-order chi connectivity index (χ0) is 14.7. The van der Waals surface area contributed by atoms with Gasteiger partial charge in [-0.2, -0.15) is 0 Å². The van der Waals surface area contributed by atoms with E-state index in [2.05, 4.69) is 20.6 Å². The Morgan fingerprint density at radius 2 is 2.33 bits per heavy atom. The molecule has 2 heterocycles. The second-order valence-electron chi connectivity index (χ2n) is 4.59. The van der Waals surface area contributed by atoms with Gasteiger partial charge in [-0.1, -0.05) is 0 Å². The van der Waals surface area contributed by atoms with Gasteiger partial charge >= 0.3 is 0 Å². The van der Waals surface area contributed by atoms with Crippen molar-refractivity contribution >= 4 is 17.5 Å². The average Bonchev–Trinajstić information content (AvgIpc) is 2.99. The standard InChI is InChI=1S/C14H14N4O3/c19-13-8-21-11-2-1-9(7-10(11)18-13)14(20)17-4-3-12-15-5-6-16-12/h1-2,5-7H,3-4,8H2,(H,15,16)(H,17,20)(H,18,19). The number of benzene rings is 1. The van der Waals surface area contributed by atoms with Crippen LogP contribution in [0.25, 0.3) is 0 Å². The predicted octanol–water partition coefficient (Wildman–Crippen LogP) is 0.713. The maximum absolute atomic E-state index is 12.0. The number of imidazole rings is 1. The topological polar surface area (TPSA) is 96.1 Å². The lowest BCUT2D eigenvalue weighted by Crippen LogP contribution is -2.28. The lowest BCUT2D eigenvalue weighted by Gasteiger charge is -2.18. The van der Waals surface area contributed by atoms with E-state index in [1.165, 1.54) is 0 Å². The van der Waals surface area contributed by atoms with Crippen LogP contribution in [0.3, 0.4) is 0 Å². The molecule has 0 bridgehead atoms. The minimum absolute atomic E-state index is 0.00168. The van der Waals surface area contributed by atoms with Crippen LogP contribution in [0.4, 0.5) is 5.69 Å². The highest BCUT2D eigenvalue weighted by atomic mass is 16.5. The van der Waals surface area contributed by atoms with Crippen molar-refractivity contribution in [3.63, 3.8) is 0 Å². The lowest BCUT2D eigenvalue weighted by molar-refractivity contribution is -0.118. The summed E-state index contributed by atoms with van der Waals surface area (Å²) >= 11 is 0. The Bertz CT molecular complexity index is 667. The number of H-pyrrole nitrogens is 1. The van der Waals surface area contributed by atoms with E-state index >= 15 is 0 Å². The van der Waals surface area contributed by atoms with Crippen LogP contribution >= 0.6 is 0 Å². The number of ether oxygens (including phenoxy) is 1. The van der Waals surface area contributed by atoms with Gasteiger partial charge in [-0.25, -0.2) is 4.98 Å². The minimum Gasteiger partial charge on any atom is -0.482 e. The quantitative estimate of drug-likeness (QED) is 0.771. The van der Waals surface area contributed by atoms with E-state index in [0.29, 0.717) is 30.0 Å². The summed E-state index contributed by atoms with van der Waals surface area (Å²) < 4.78 is 5.24. The van der Waals surface area contributed by atoms with Gasteiger partial charge in [-0.05, 0) is 18.2 Å². The van der Waals surface area contributed by atoms with Crippen molar-refractivity contribution in [1.82, 2.24) is 15.3 Å². The number of rotatable bonds is 4. The third-order valence-corrected chi connectivity index (χ3v) is 3.08. The first-order valence-corrected chi connectivity index (χ1v) is 6.55. The number of carbonyl (C=O) groups excluding carboxylic acids is 2. The normalized spacial score (nSPS) is 13.0. The molecule has 1 aromatic carbocycles. The van der Waals surface area contributed by atoms with Crippen molar-refractivity contribution in [2.45, 2.75) is 6.42 Å². The number of hydrogen-bond donors (Lipinski definition) is 3. The molecular weight excluding hydrogens is 272 g/mol. The first-order chi connectivity index (χ1) is 10.2. The maximum Gasteiger partial charge on any atom is 0.262 e. The van der Waals surface area contributed by atoms with E-state index in [9.17, 15) is 9.59 Å². The van der Waals surface area contributed by atoms with Crippen LogP contribution in [0.5, 0.6) is 5.75 Å². The molecule has 2 amide bonds. The summed E-state index contributed by atoms with van der Waals surface area (Å²) in [6, 6.07) is 4.95. The van der Waals surface area contributed by atoms with E-state index in [4.69, 9.17) is 4.74 Å². The van der Waals surface area contributed by atoms with Crippen LogP contribution in [0.1, 0.15) is 16.2 Å². The molecule has 3 N–H and O–H groups in total. The molecule has 0 radical (unpaired) electrons. The molecule has 3 rings (SSSR count). The Labute approximate surface area is 120 Å². The van der Waals surface area contributed by atoms with Crippen LogP contribution < -0.4 is 15.4 Å². The first-order valence-electron chi connectivity index (χ1n) is 6.55. The summed E-state index contributed by atoms with van der Waals surface area (Å²) in [6.45, 7) is 0.480. The Morgan fingerprint density at radius 3 is 3.14 bits per heavy atom. The highest BCUT2D eigenvalue weighted by Crippen LogP contribution is 2.28. The number of aromatic amines is 1. The Balaban J connectivity index is 1.62. The number of amides is 2. The SMILES string of the molecule is O=C1COc2ccc(C(=O)NCCc3ncc[nH]3)cc2N1. The fourth-order valence-corrected chi connectivity index (χ4v) is 2.06. The molecule has 7 heteroatoms. The molecule has 0 saturated heterocycles. The van der Waals surface area contributed by atoms with Gasteiger partial charge in [0.1, 0.15) is 11.6 Å². The van der Waals surface area contributed by atoms with E-state index in [1.807, 2.05) is 0 Å². The van der Waals surface area contributed by atoms with E-state index in [-0.39, 0.29) is 18.4 Å². The smallest absolute Gasteiger partial charge is 0.262 e. The second-order valence-corrected chi connectivity index (χ2v) is 4.59. The molecule has 1 aromatic heterocycles. The number of anilines is 1. The molecular formula is C14H14N4O3. The van der Waals surface area contributed by atoms with Gasteiger partial charge in [0.05, 0.1) is 5.69 Å². The Hall–Kier alpha value is -2.83. The summed E-state index contributed by atoms with van der Waals surface area (Å²) in [5.41, 5.74) is 0.990. The summed E-state index contributed by atoms with van der Waals surface area (Å²) in [5, 5.41) is 5.48. The molecule has 0 unspecified atom stereocenters. The first kappa shape index (κ1) is 13.2. The molecule has 0 saturated carbocycles. The van der Waals surface area contributed by atoms with Gasteiger partial charge in [0.15, 0.2) is 6.61 Å². The number of nitrogens with zero attached hydrogens (tertiary/aromatic N) is 1. The number of carbonyl (C=O) groups is 2. The molecule has 2 aromatic rings. The molecule has 0 spiro atoms. The lowest BCUT2D eigenvalue weighted by atomic mass is 10.1. The van der Waals surface area contributed by atoms with Crippen LogP contribution in [0, 0.1) is 0 Å². The fraction of sp³-hybridized carbons (Fsp3) is 0.214. The number of fused-ring (bicyclic) bond motifs is 1. The van der Waals surface area contributed by atoms with Gasteiger partial charge in [-0.15, -0.1) is 0 Å². The average molecular weight is 286 g/mol. The van der Waals surface area contributed by atoms with E-state index < -0.39 is 0 Å². The fourth-order valence-electron chi connectivity index (χ4n) is 2.06. The van der Waals surface area contributed by atoms with Gasteiger partial charge < -0.3 is 20.4 Å². The zero-order valence-electron chi connectivity index (χ0n) is 11.2. The molecule has 7 nitrogen and oxygen atoms in total. The van der Waals surface area contributed by atoms with Crippen LogP contribution in [-0.4, -0.2) is 34.9 Å². The molecule has 0 atom stereocenters. The third kappa shape index (κ3) is 3.02. The van der Waals surface area contributed by atoms with Gasteiger partial charge in [0.2, 0.25) is 0 Å². The van der Waals surface area contributed by atoms with Crippen molar-refractivity contribution < 1.29 is 14.3 Å². The van der Waals surface area contributed by atoms with Crippen molar-refractivity contribution in [3.8, 4) is 5.75 Å².